The van der Waals surface area contributed by atoms with Crippen molar-refractivity contribution in [2.24, 2.45) is 0 Å². The molecule has 3 nitrogen and oxygen atoms in total. The highest BCUT2D eigenvalue weighted by atomic mass is 35.5. The van der Waals surface area contributed by atoms with Crippen LogP contribution < -0.4 is 5.32 Å². The number of hydrogen-bond acceptors (Lipinski definition) is 3. The van der Waals surface area contributed by atoms with Crippen LogP contribution in [0.15, 0.2) is 24.3 Å². The van der Waals surface area contributed by atoms with Gasteiger partial charge < -0.3 is 15.2 Å². The average Bonchev–Trinajstić information content (AvgIpc) is 2.32. The molecule has 2 rings (SSSR count). The van der Waals surface area contributed by atoms with Gasteiger partial charge in [0, 0.05) is 24.2 Å². The van der Waals surface area contributed by atoms with Gasteiger partial charge in [-0.3, -0.25) is 0 Å². The summed E-state index contributed by atoms with van der Waals surface area (Å²) in [4.78, 5) is 0. The van der Waals surface area contributed by atoms with E-state index in [1.165, 1.54) is 0 Å². The number of hydrogen-bond donors (Lipinski definition) is 2. The van der Waals surface area contributed by atoms with Gasteiger partial charge in [0.25, 0.3) is 0 Å². The zero-order chi connectivity index (χ0) is 13.0. The molecule has 1 unspecified atom stereocenters. The first-order valence-electron chi connectivity index (χ1n) is 6.47. The monoisotopic (exact) mass is 269 g/mol. The van der Waals surface area contributed by atoms with E-state index in [1.54, 1.807) is 12.1 Å². The van der Waals surface area contributed by atoms with Crippen LogP contribution in [0, 0.1) is 0 Å². The summed E-state index contributed by atoms with van der Waals surface area (Å²) in [6.07, 6.45) is 2.01. The van der Waals surface area contributed by atoms with Crippen LogP contribution in [0.1, 0.15) is 31.4 Å². The Morgan fingerprint density at radius 1 is 1.39 bits per heavy atom. The van der Waals surface area contributed by atoms with Crippen molar-refractivity contribution in [3.8, 4) is 0 Å². The van der Waals surface area contributed by atoms with E-state index in [-0.39, 0.29) is 0 Å². The first-order chi connectivity index (χ1) is 8.69. The summed E-state index contributed by atoms with van der Waals surface area (Å²) in [5.41, 5.74) is 0.896. The molecule has 1 aromatic carbocycles. The van der Waals surface area contributed by atoms with Crippen LogP contribution in [-0.2, 0) is 4.74 Å². The fourth-order valence-corrected chi connectivity index (χ4v) is 2.31. The predicted molar refractivity (Wildman–Crippen MR) is 72.9 cm³/mol. The zero-order valence-corrected chi connectivity index (χ0v) is 11.4. The summed E-state index contributed by atoms with van der Waals surface area (Å²) in [6.45, 7) is 3.38. The maximum absolute atomic E-state index is 10.0. The van der Waals surface area contributed by atoms with Crippen LogP contribution in [-0.4, -0.2) is 30.4 Å². The quantitative estimate of drug-likeness (QED) is 0.834. The molecule has 0 radical (unpaired) electrons. The van der Waals surface area contributed by atoms with Crippen molar-refractivity contribution in [1.82, 2.24) is 5.32 Å². The molecule has 4 heteroatoms. The molecule has 1 aliphatic carbocycles. The van der Waals surface area contributed by atoms with Crippen molar-refractivity contribution >= 4 is 11.6 Å². The molecule has 1 aliphatic rings. The summed E-state index contributed by atoms with van der Waals surface area (Å²) in [6, 6.07) is 7.79. The smallest absolute Gasteiger partial charge is 0.0914 e. The Morgan fingerprint density at radius 3 is 2.67 bits per heavy atom. The Labute approximate surface area is 113 Å². The van der Waals surface area contributed by atoms with Crippen LogP contribution in [0.3, 0.4) is 0 Å². The molecule has 1 saturated carbocycles. The Balaban J connectivity index is 1.69. The van der Waals surface area contributed by atoms with Gasteiger partial charge in [-0.1, -0.05) is 23.7 Å². The molecule has 100 valence electrons. The topological polar surface area (TPSA) is 41.5 Å². The number of nitrogens with one attached hydrogen (secondary N) is 1. The number of aliphatic hydroxyl groups is 1. The number of halogens is 1. The van der Waals surface area contributed by atoms with E-state index in [2.05, 4.69) is 5.32 Å². The van der Waals surface area contributed by atoms with Gasteiger partial charge in [0.1, 0.15) is 0 Å². The fourth-order valence-electron chi connectivity index (χ4n) is 2.19. The zero-order valence-electron chi connectivity index (χ0n) is 10.6. The molecule has 0 amide bonds. The van der Waals surface area contributed by atoms with Gasteiger partial charge in [-0.15, -0.1) is 0 Å². The van der Waals surface area contributed by atoms with E-state index in [0.29, 0.717) is 23.7 Å². The van der Waals surface area contributed by atoms with E-state index in [0.717, 1.165) is 25.0 Å². The van der Waals surface area contributed by atoms with Crippen molar-refractivity contribution in [3.63, 3.8) is 0 Å². The lowest BCUT2D eigenvalue weighted by Crippen LogP contribution is -2.46. The molecule has 0 heterocycles. The van der Waals surface area contributed by atoms with Gasteiger partial charge in [0.05, 0.1) is 12.2 Å². The molecular weight excluding hydrogens is 250 g/mol. The molecule has 1 atom stereocenters. The van der Waals surface area contributed by atoms with E-state index in [9.17, 15) is 5.11 Å². The van der Waals surface area contributed by atoms with Gasteiger partial charge in [-0.05, 0) is 37.5 Å². The molecular formula is C14H20ClNO2. The number of ether oxygens (including phenoxy) is 1. The maximum Gasteiger partial charge on any atom is 0.0914 e. The third-order valence-electron chi connectivity index (χ3n) is 3.35. The molecule has 1 fully saturated rings. The summed E-state index contributed by atoms with van der Waals surface area (Å²) >= 11 is 5.81. The van der Waals surface area contributed by atoms with Gasteiger partial charge in [-0.25, -0.2) is 0 Å². The number of benzene rings is 1. The van der Waals surface area contributed by atoms with E-state index >= 15 is 0 Å². The molecule has 2 N–H and O–H groups in total. The fraction of sp³-hybridized carbons (Fsp3) is 0.571. The second-order valence-corrected chi connectivity index (χ2v) is 5.16. The third kappa shape index (κ3) is 3.69. The lowest BCUT2D eigenvalue weighted by Gasteiger charge is -2.36. The Hall–Kier alpha value is -0.610. The Kier molecular flexibility index (Phi) is 5.01. The molecule has 18 heavy (non-hydrogen) atoms. The highest BCUT2D eigenvalue weighted by molar-refractivity contribution is 6.30. The molecule has 0 aromatic heterocycles. The Bertz CT molecular complexity index is 363. The molecule has 0 spiro atoms. The van der Waals surface area contributed by atoms with Crippen molar-refractivity contribution in [2.75, 3.05) is 13.2 Å². The van der Waals surface area contributed by atoms with Gasteiger partial charge in [-0.2, -0.15) is 0 Å². The van der Waals surface area contributed by atoms with Gasteiger partial charge >= 0.3 is 0 Å². The third-order valence-corrected chi connectivity index (χ3v) is 3.60. The maximum atomic E-state index is 10.0. The van der Waals surface area contributed by atoms with Crippen molar-refractivity contribution in [1.29, 1.82) is 0 Å². The van der Waals surface area contributed by atoms with Crippen LogP contribution >= 0.6 is 11.6 Å². The summed E-state index contributed by atoms with van der Waals surface area (Å²) in [5.74, 6) is 0. The minimum atomic E-state index is -0.478. The summed E-state index contributed by atoms with van der Waals surface area (Å²) in [7, 11) is 0. The SMILES string of the molecule is CCOC1CC(NCC(O)c2ccc(Cl)cc2)C1. The van der Waals surface area contributed by atoms with Crippen molar-refractivity contribution in [3.05, 3.63) is 34.9 Å². The molecule has 0 aliphatic heterocycles. The Morgan fingerprint density at radius 2 is 2.06 bits per heavy atom. The largest absolute Gasteiger partial charge is 0.387 e. The average molecular weight is 270 g/mol. The molecule has 0 bridgehead atoms. The lowest BCUT2D eigenvalue weighted by molar-refractivity contribution is -0.0123. The molecule has 1 aromatic rings. The first-order valence-corrected chi connectivity index (χ1v) is 6.85. The minimum absolute atomic E-state index is 0.403. The van der Waals surface area contributed by atoms with Crippen LogP contribution in [0.5, 0.6) is 0 Å². The standard InChI is InChI=1S/C14H20ClNO2/c1-2-18-13-7-12(8-13)16-9-14(17)10-3-5-11(15)6-4-10/h3-6,12-14,16-17H,2,7-9H2,1H3. The van der Waals surface area contributed by atoms with E-state index in [4.69, 9.17) is 16.3 Å². The number of rotatable bonds is 6. The van der Waals surface area contributed by atoms with E-state index < -0.39 is 6.10 Å². The highest BCUT2D eigenvalue weighted by Crippen LogP contribution is 2.24. The van der Waals surface area contributed by atoms with Crippen LogP contribution in [0.25, 0.3) is 0 Å². The predicted octanol–water partition coefficient (Wildman–Crippen LogP) is 2.53. The molecule has 0 saturated heterocycles. The first kappa shape index (κ1) is 13.8. The van der Waals surface area contributed by atoms with Gasteiger partial charge in [0.2, 0.25) is 0 Å². The normalized spacial score (nSPS) is 24.6. The second-order valence-electron chi connectivity index (χ2n) is 4.72. The van der Waals surface area contributed by atoms with Crippen LogP contribution in [0.2, 0.25) is 5.02 Å². The summed E-state index contributed by atoms with van der Waals surface area (Å²) in [5, 5.41) is 14.1. The van der Waals surface area contributed by atoms with Crippen LogP contribution in [0.4, 0.5) is 0 Å². The number of aliphatic hydroxyl groups excluding tert-OH is 1. The van der Waals surface area contributed by atoms with Gasteiger partial charge in [0.15, 0.2) is 0 Å². The minimum Gasteiger partial charge on any atom is -0.387 e. The van der Waals surface area contributed by atoms with Crippen molar-refractivity contribution < 1.29 is 9.84 Å². The summed E-state index contributed by atoms with van der Waals surface area (Å²) < 4.78 is 5.50. The lowest BCUT2D eigenvalue weighted by atomic mass is 9.89. The second kappa shape index (κ2) is 6.53. The highest BCUT2D eigenvalue weighted by Gasteiger charge is 2.29. The van der Waals surface area contributed by atoms with Crippen molar-refractivity contribution in [2.45, 2.75) is 38.0 Å². The van der Waals surface area contributed by atoms with E-state index in [1.807, 2.05) is 19.1 Å².